The summed E-state index contributed by atoms with van der Waals surface area (Å²) in [5, 5.41) is 6.08. The molecule has 1 aromatic heterocycles. The highest BCUT2D eigenvalue weighted by Crippen LogP contribution is 2.23. The van der Waals surface area contributed by atoms with Crippen molar-refractivity contribution in [1.29, 1.82) is 0 Å². The molecule has 4 nitrogen and oxygen atoms in total. The van der Waals surface area contributed by atoms with Crippen molar-refractivity contribution >= 4 is 29.0 Å². The zero-order valence-corrected chi connectivity index (χ0v) is 17.9. The fraction of sp³-hybridized carbons (Fsp3) is 0.250. The summed E-state index contributed by atoms with van der Waals surface area (Å²) in [6, 6.07) is 13.8. The van der Waals surface area contributed by atoms with E-state index >= 15 is 0 Å². The number of carbonyl (C=O) groups is 1. The lowest BCUT2D eigenvalue weighted by Crippen LogP contribution is -2.11. The minimum absolute atomic E-state index is 0.134. The number of aromatic nitrogens is 1. The van der Waals surface area contributed by atoms with Gasteiger partial charge in [-0.05, 0) is 54.7 Å². The van der Waals surface area contributed by atoms with Crippen molar-refractivity contribution in [2.45, 2.75) is 40.2 Å². The highest BCUT2D eigenvalue weighted by atomic mass is 32.1. The van der Waals surface area contributed by atoms with Crippen LogP contribution in [0.15, 0.2) is 53.9 Å². The number of carbonyl (C=O) groups excluding carboxylic acids is 1. The molecule has 1 amide bonds. The van der Waals surface area contributed by atoms with Crippen LogP contribution in [0.3, 0.4) is 0 Å². The molecule has 29 heavy (non-hydrogen) atoms. The van der Waals surface area contributed by atoms with Crippen molar-refractivity contribution in [3.63, 3.8) is 0 Å². The minimum atomic E-state index is -0.134. The number of thiazole rings is 1. The monoisotopic (exact) mass is 406 g/mol. The summed E-state index contributed by atoms with van der Waals surface area (Å²) in [6.45, 7) is 6.61. The second kappa shape index (κ2) is 10.0. The van der Waals surface area contributed by atoms with Crippen LogP contribution in [0.5, 0.6) is 5.75 Å². The lowest BCUT2D eigenvalue weighted by atomic mass is 10.0. The average Bonchev–Trinajstić information content (AvgIpc) is 3.16. The Morgan fingerprint density at radius 2 is 1.86 bits per heavy atom. The molecule has 0 atom stereocenters. The Morgan fingerprint density at radius 3 is 2.52 bits per heavy atom. The molecule has 0 bridgehead atoms. The van der Waals surface area contributed by atoms with Crippen molar-refractivity contribution in [2.75, 3.05) is 5.32 Å². The normalized spacial score (nSPS) is 11.0. The summed E-state index contributed by atoms with van der Waals surface area (Å²) in [7, 11) is 0. The van der Waals surface area contributed by atoms with Gasteiger partial charge in [-0.2, -0.15) is 0 Å². The molecule has 0 saturated carbocycles. The predicted octanol–water partition coefficient (Wildman–Crippen LogP) is 5.81. The predicted molar refractivity (Wildman–Crippen MR) is 120 cm³/mol. The quantitative estimate of drug-likeness (QED) is 0.481. The first-order chi connectivity index (χ1) is 14.1. The fourth-order valence-corrected chi connectivity index (χ4v) is 3.68. The lowest BCUT2D eigenvalue weighted by molar-refractivity contribution is -0.111. The first kappa shape index (κ1) is 20.8. The third kappa shape index (κ3) is 5.78. The van der Waals surface area contributed by atoms with Crippen molar-refractivity contribution in [3.05, 3.63) is 81.3 Å². The summed E-state index contributed by atoms with van der Waals surface area (Å²) in [5.74, 6) is 0.618. The second-order valence-corrected chi connectivity index (χ2v) is 7.76. The molecule has 0 aliphatic heterocycles. The molecule has 0 aliphatic rings. The number of para-hydroxylation sites is 1. The Bertz CT molecular complexity index is 985. The van der Waals surface area contributed by atoms with E-state index in [-0.39, 0.29) is 5.91 Å². The molecule has 3 aromatic rings. The Labute approximate surface area is 176 Å². The highest BCUT2D eigenvalue weighted by molar-refractivity contribution is 7.09. The summed E-state index contributed by atoms with van der Waals surface area (Å²) < 4.78 is 5.82. The van der Waals surface area contributed by atoms with Crippen LogP contribution in [0.1, 0.15) is 41.2 Å². The van der Waals surface area contributed by atoms with Gasteiger partial charge in [0.15, 0.2) is 0 Å². The van der Waals surface area contributed by atoms with E-state index in [2.05, 4.69) is 36.3 Å². The third-order valence-corrected chi connectivity index (χ3v) is 5.41. The van der Waals surface area contributed by atoms with Gasteiger partial charge >= 0.3 is 0 Å². The van der Waals surface area contributed by atoms with Crippen LogP contribution >= 0.6 is 11.3 Å². The van der Waals surface area contributed by atoms with E-state index in [9.17, 15) is 4.79 Å². The maximum atomic E-state index is 12.5. The largest absolute Gasteiger partial charge is 0.487 e. The number of rotatable bonds is 8. The van der Waals surface area contributed by atoms with E-state index in [1.807, 2.05) is 42.6 Å². The topological polar surface area (TPSA) is 51.2 Å². The van der Waals surface area contributed by atoms with Gasteiger partial charge in [0.2, 0.25) is 5.91 Å². The van der Waals surface area contributed by atoms with Crippen LogP contribution in [-0.4, -0.2) is 10.9 Å². The van der Waals surface area contributed by atoms with Gasteiger partial charge in [0.1, 0.15) is 12.4 Å². The Morgan fingerprint density at radius 1 is 1.14 bits per heavy atom. The van der Waals surface area contributed by atoms with Gasteiger partial charge in [-0.1, -0.05) is 44.2 Å². The maximum Gasteiger partial charge on any atom is 0.248 e. The number of benzene rings is 2. The molecule has 0 radical (unpaired) electrons. The van der Waals surface area contributed by atoms with Gasteiger partial charge in [-0.3, -0.25) is 4.79 Å². The van der Waals surface area contributed by atoms with Crippen LogP contribution < -0.4 is 10.1 Å². The Kier molecular flexibility index (Phi) is 7.19. The van der Waals surface area contributed by atoms with Crippen molar-refractivity contribution in [2.24, 2.45) is 0 Å². The third-order valence-electron chi connectivity index (χ3n) is 4.59. The zero-order chi connectivity index (χ0) is 20.6. The number of ether oxygens (including phenoxy) is 1. The van der Waals surface area contributed by atoms with Crippen LogP contribution in [0, 0.1) is 6.92 Å². The maximum absolute atomic E-state index is 12.5. The van der Waals surface area contributed by atoms with Gasteiger partial charge in [0, 0.05) is 17.1 Å². The van der Waals surface area contributed by atoms with Crippen LogP contribution in [0.2, 0.25) is 0 Å². The van der Waals surface area contributed by atoms with Crippen molar-refractivity contribution in [1.82, 2.24) is 4.98 Å². The van der Waals surface area contributed by atoms with Gasteiger partial charge in [-0.15, -0.1) is 11.3 Å². The Hall–Kier alpha value is -2.92. The first-order valence-corrected chi connectivity index (χ1v) is 10.7. The summed E-state index contributed by atoms with van der Waals surface area (Å²) in [5.41, 5.74) is 5.07. The fourth-order valence-electron chi connectivity index (χ4n) is 3.08. The summed E-state index contributed by atoms with van der Waals surface area (Å²) in [4.78, 5) is 16.9. The standard InChI is InChI=1S/C24H26N2O2S/c1-4-19-9-7-10-20(5-2)24(19)26-23(27)13-12-18-8-6-11-22(14-18)28-15-21-16-29-17(3)25-21/h6-14,16H,4-5,15H2,1-3H3,(H,26,27)/b13-12+. The molecule has 2 aromatic carbocycles. The van der Waals surface area contributed by atoms with Crippen molar-refractivity contribution < 1.29 is 9.53 Å². The number of hydrogen-bond acceptors (Lipinski definition) is 4. The van der Waals surface area contributed by atoms with E-state index < -0.39 is 0 Å². The molecule has 150 valence electrons. The SMILES string of the molecule is CCc1cccc(CC)c1NC(=O)/C=C/c1cccc(OCc2csc(C)n2)c1. The van der Waals surface area contributed by atoms with Gasteiger partial charge in [0.05, 0.1) is 10.7 Å². The smallest absolute Gasteiger partial charge is 0.248 e. The molecule has 3 rings (SSSR count). The first-order valence-electron chi connectivity index (χ1n) is 9.82. The van der Waals surface area contributed by atoms with Gasteiger partial charge in [-0.25, -0.2) is 4.98 Å². The number of aryl methyl sites for hydroxylation is 3. The van der Waals surface area contributed by atoms with Crippen LogP contribution in [0.25, 0.3) is 6.08 Å². The van der Waals surface area contributed by atoms with E-state index in [4.69, 9.17) is 4.74 Å². The molecule has 0 spiro atoms. The molecule has 0 fully saturated rings. The summed E-state index contributed by atoms with van der Waals surface area (Å²) in [6.07, 6.45) is 5.13. The van der Waals surface area contributed by atoms with Crippen LogP contribution in [0.4, 0.5) is 5.69 Å². The number of hydrogen-bond donors (Lipinski definition) is 1. The zero-order valence-electron chi connectivity index (χ0n) is 17.1. The number of nitrogens with one attached hydrogen (secondary N) is 1. The summed E-state index contributed by atoms with van der Waals surface area (Å²) >= 11 is 1.61. The molecule has 0 unspecified atom stereocenters. The van der Waals surface area contributed by atoms with E-state index in [1.165, 1.54) is 0 Å². The second-order valence-electron chi connectivity index (χ2n) is 6.70. The molecule has 1 heterocycles. The highest BCUT2D eigenvalue weighted by Gasteiger charge is 2.08. The van der Waals surface area contributed by atoms with E-state index in [1.54, 1.807) is 23.5 Å². The minimum Gasteiger partial charge on any atom is -0.487 e. The number of anilines is 1. The van der Waals surface area contributed by atoms with E-state index in [0.717, 1.165) is 51.7 Å². The van der Waals surface area contributed by atoms with Crippen LogP contribution in [-0.2, 0) is 24.2 Å². The molecule has 0 saturated heterocycles. The molecular formula is C24H26N2O2S. The van der Waals surface area contributed by atoms with Gasteiger partial charge in [0.25, 0.3) is 0 Å². The average molecular weight is 407 g/mol. The molecule has 1 N–H and O–H groups in total. The molecule has 5 heteroatoms. The number of nitrogens with zero attached hydrogens (tertiary/aromatic N) is 1. The molecule has 0 aliphatic carbocycles. The molecular weight excluding hydrogens is 380 g/mol. The Balaban J connectivity index is 1.65. The van der Waals surface area contributed by atoms with Crippen molar-refractivity contribution in [3.8, 4) is 5.75 Å². The van der Waals surface area contributed by atoms with Gasteiger partial charge < -0.3 is 10.1 Å². The van der Waals surface area contributed by atoms with E-state index in [0.29, 0.717) is 6.61 Å². The number of amides is 1. The lowest BCUT2D eigenvalue weighted by Gasteiger charge is -2.13.